The molecule has 2 heterocycles. The topological polar surface area (TPSA) is 47.3 Å². The van der Waals surface area contributed by atoms with Crippen molar-refractivity contribution in [1.82, 2.24) is 5.43 Å². The molecule has 3 unspecified atom stereocenters. The van der Waals surface area contributed by atoms with Crippen LogP contribution in [0.25, 0.3) is 0 Å². The van der Waals surface area contributed by atoms with Crippen molar-refractivity contribution in [3.05, 3.63) is 0 Å². The van der Waals surface area contributed by atoms with E-state index in [0.29, 0.717) is 6.04 Å². The molecule has 3 aliphatic rings. The van der Waals surface area contributed by atoms with Crippen LogP contribution in [0.4, 0.5) is 0 Å². The lowest BCUT2D eigenvalue weighted by Crippen LogP contribution is -2.51. The van der Waals surface area contributed by atoms with E-state index in [9.17, 15) is 0 Å². The summed E-state index contributed by atoms with van der Waals surface area (Å²) >= 11 is 2.12. The molecule has 0 bridgehead atoms. The summed E-state index contributed by atoms with van der Waals surface area (Å²) in [5.41, 5.74) is 3.37. The van der Waals surface area contributed by atoms with Crippen LogP contribution in [0.5, 0.6) is 0 Å². The number of hydrogen-bond donors (Lipinski definition) is 2. The van der Waals surface area contributed by atoms with E-state index >= 15 is 0 Å². The number of thioether (sulfide) groups is 1. The maximum Gasteiger partial charge on any atom is 0.0685 e. The van der Waals surface area contributed by atoms with Gasteiger partial charge in [0.2, 0.25) is 0 Å². The minimum Gasteiger partial charge on any atom is -0.375 e. The van der Waals surface area contributed by atoms with Crippen molar-refractivity contribution in [2.75, 3.05) is 12.4 Å². The molecule has 3 N–H and O–H groups in total. The third kappa shape index (κ3) is 2.58. The highest BCUT2D eigenvalue weighted by Crippen LogP contribution is 2.44. The van der Waals surface area contributed by atoms with Gasteiger partial charge in [-0.2, -0.15) is 11.8 Å². The number of rotatable bonds is 3. The van der Waals surface area contributed by atoms with E-state index in [0.717, 1.165) is 17.8 Å². The standard InChI is InChI=1S/C14H26N2OS/c15-16-13(12-4-3-9-18-12)11-5-8-17-14(10-11)6-1-2-7-14/h11-13,16H,1-10,15H2. The average Bonchev–Trinajstić information content (AvgIpc) is 3.03. The van der Waals surface area contributed by atoms with Gasteiger partial charge in [-0.25, -0.2) is 0 Å². The fraction of sp³-hybridized carbons (Fsp3) is 1.00. The van der Waals surface area contributed by atoms with Gasteiger partial charge in [0, 0.05) is 17.9 Å². The highest BCUT2D eigenvalue weighted by atomic mass is 32.2. The van der Waals surface area contributed by atoms with Crippen molar-refractivity contribution in [1.29, 1.82) is 0 Å². The summed E-state index contributed by atoms with van der Waals surface area (Å²) in [5.74, 6) is 7.90. The van der Waals surface area contributed by atoms with Gasteiger partial charge in [-0.15, -0.1) is 0 Å². The van der Waals surface area contributed by atoms with Crippen molar-refractivity contribution in [3.63, 3.8) is 0 Å². The molecule has 2 saturated heterocycles. The van der Waals surface area contributed by atoms with Gasteiger partial charge in [0.05, 0.1) is 5.60 Å². The Morgan fingerprint density at radius 2 is 2.06 bits per heavy atom. The van der Waals surface area contributed by atoms with Crippen molar-refractivity contribution < 1.29 is 4.74 Å². The molecule has 0 radical (unpaired) electrons. The summed E-state index contributed by atoms with van der Waals surface area (Å²) in [4.78, 5) is 0. The number of ether oxygens (including phenoxy) is 1. The molecule has 3 fully saturated rings. The Morgan fingerprint density at radius 1 is 1.22 bits per heavy atom. The smallest absolute Gasteiger partial charge is 0.0685 e. The molecular formula is C14H26N2OS. The van der Waals surface area contributed by atoms with E-state index in [1.165, 1.54) is 57.1 Å². The second kappa shape index (κ2) is 5.70. The normalized spacial score (nSPS) is 37.2. The lowest BCUT2D eigenvalue weighted by atomic mass is 9.79. The maximum absolute atomic E-state index is 6.14. The van der Waals surface area contributed by atoms with Gasteiger partial charge in [0.1, 0.15) is 0 Å². The molecule has 104 valence electrons. The summed E-state index contributed by atoms with van der Waals surface area (Å²) in [5, 5.41) is 0.733. The van der Waals surface area contributed by atoms with Crippen LogP contribution in [0.3, 0.4) is 0 Å². The van der Waals surface area contributed by atoms with E-state index in [-0.39, 0.29) is 5.60 Å². The predicted octanol–water partition coefficient (Wildman–Crippen LogP) is 2.45. The van der Waals surface area contributed by atoms with Crippen LogP contribution < -0.4 is 11.3 Å². The molecule has 2 aliphatic heterocycles. The fourth-order valence-corrected chi connectivity index (χ4v) is 5.65. The first-order valence-corrected chi connectivity index (χ1v) is 8.60. The van der Waals surface area contributed by atoms with Crippen LogP contribution in [-0.2, 0) is 4.74 Å². The average molecular weight is 270 g/mol. The van der Waals surface area contributed by atoms with Crippen molar-refractivity contribution in [3.8, 4) is 0 Å². The SMILES string of the molecule is NNC(C1CCOC2(CCCC2)C1)C1CCCS1. The second-order valence-electron chi connectivity index (χ2n) is 6.24. The predicted molar refractivity (Wildman–Crippen MR) is 76.5 cm³/mol. The first-order valence-electron chi connectivity index (χ1n) is 7.55. The molecule has 1 aliphatic carbocycles. The quantitative estimate of drug-likeness (QED) is 0.611. The summed E-state index contributed by atoms with van der Waals surface area (Å²) < 4.78 is 6.14. The Kier molecular flexibility index (Phi) is 4.18. The second-order valence-corrected chi connectivity index (χ2v) is 7.58. The molecule has 1 saturated carbocycles. The lowest BCUT2D eigenvalue weighted by Gasteiger charge is -2.42. The number of hydrogen-bond acceptors (Lipinski definition) is 4. The van der Waals surface area contributed by atoms with Gasteiger partial charge in [-0.3, -0.25) is 11.3 Å². The zero-order chi connectivity index (χ0) is 12.4. The Hall–Kier alpha value is 0.230. The summed E-state index contributed by atoms with van der Waals surface area (Å²) in [6.45, 7) is 0.945. The zero-order valence-corrected chi connectivity index (χ0v) is 12.0. The minimum atomic E-state index is 0.223. The Bertz CT molecular complexity index is 275. The number of hydrazine groups is 1. The molecule has 4 heteroatoms. The molecule has 3 atom stereocenters. The largest absolute Gasteiger partial charge is 0.375 e. The van der Waals surface area contributed by atoms with Crippen molar-refractivity contribution in [2.45, 2.75) is 68.3 Å². The Labute approximate surface area is 115 Å². The molecule has 0 amide bonds. The summed E-state index contributed by atoms with van der Waals surface area (Å²) in [6.07, 6.45) is 10.4. The number of nitrogens with two attached hydrogens (primary N) is 1. The van der Waals surface area contributed by atoms with E-state index in [1.807, 2.05) is 0 Å². The molecule has 0 aromatic rings. The van der Waals surface area contributed by atoms with Crippen LogP contribution >= 0.6 is 11.8 Å². The van der Waals surface area contributed by atoms with Crippen LogP contribution in [-0.4, -0.2) is 29.3 Å². The van der Waals surface area contributed by atoms with Crippen LogP contribution in [0.15, 0.2) is 0 Å². The van der Waals surface area contributed by atoms with Gasteiger partial charge in [0.15, 0.2) is 0 Å². The first kappa shape index (κ1) is 13.2. The van der Waals surface area contributed by atoms with Gasteiger partial charge in [-0.05, 0) is 50.2 Å². The monoisotopic (exact) mass is 270 g/mol. The zero-order valence-electron chi connectivity index (χ0n) is 11.2. The van der Waals surface area contributed by atoms with Crippen molar-refractivity contribution in [2.24, 2.45) is 11.8 Å². The van der Waals surface area contributed by atoms with Gasteiger partial charge < -0.3 is 4.74 Å². The van der Waals surface area contributed by atoms with E-state index in [4.69, 9.17) is 10.6 Å². The minimum absolute atomic E-state index is 0.223. The molecule has 1 spiro atoms. The van der Waals surface area contributed by atoms with Gasteiger partial charge >= 0.3 is 0 Å². The van der Waals surface area contributed by atoms with E-state index in [1.54, 1.807) is 0 Å². The van der Waals surface area contributed by atoms with E-state index < -0.39 is 0 Å². The van der Waals surface area contributed by atoms with Crippen LogP contribution in [0.2, 0.25) is 0 Å². The number of nitrogens with one attached hydrogen (secondary N) is 1. The molecular weight excluding hydrogens is 244 g/mol. The molecule has 3 rings (SSSR count). The maximum atomic E-state index is 6.14. The highest BCUT2D eigenvalue weighted by Gasteiger charge is 2.43. The molecule has 18 heavy (non-hydrogen) atoms. The van der Waals surface area contributed by atoms with E-state index in [2.05, 4.69) is 17.2 Å². The van der Waals surface area contributed by atoms with Gasteiger partial charge in [0.25, 0.3) is 0 Å². The molecule has 3 nitrogen and oxygen atoms in total. The first-order chi connectivity index (χ1) is 8.83. The summed E-state index contributed by atoms with van der Waals surface area (Å²) in [6, 6.07) is 0.499. The fourth-order valence-electron chi connectivity index (χ4n) is 4.17. The van der Waals surface area contributed by atoms with Crippen LogP contribution in [0, 0.1) is 5.92 Å². The molecule has 0 aromatic carbocycles. The van der Waals surface area contributed by atoms with Crippen molar-refractivity contribution >= 4 is 11.8 Å². The van der Waals surface area contributed by atoms with Gasteiger partial charge in [-0.1, -0.05) is 12.8 Å². The molecule has 0 aromatic heterocycles. The summed E-state index contributed by atoms with van der Waals surface area (Å²) in [7, 11) is 0. The lowest BCUT2D eigenvalue weighted by molar-refractivity contribution is -0.0979. The third-order valence-corrected chi connectivity index (χ3v) is 6.59. The third-order valence-electron chi connectivity index (χ3n) is 5.11. The Balaban J connectivity index is 1.66. The Morgan fingerprint density at radius 3 is 2.72 bits per heavy atom. The van der Waals surface area contributed by atoms with Crippen LogP contribution in [0.1, 0.15) is 51.4 Å². The highest BCUT2D eigenvalue weighted by molar-refractivity contribution is 8.00.